The number of hydrogen-bond acceptors (Lipinski definition) is 5. The Kier molecular flexibility index (Phi) is 48.1. The van der Waals surface area contributed by atoms with Gasteiger partial charge in [0.1, 0.15) is 0 Å². The Morgan fingerprint density at radius 2 is 0.797 bits per heavy atom. The molecule has 0 radical (unpaired) electrons. The highest BCUT2D eigenvalue weighted by atomic mass is 16.5. The number of esters is 1. The molecule has 0 aliphatic rings. The molecule has 0 heterocycles. The molecule has 0 saturated heterocycles. The number of aliphatic hydroxyl groups is 2. The van der Waals surface area contributed by atoms with Crippen molar-refractivity contribution >= 4 is 11.9 Å². The van der Waals surface area contributed by atoms with Crippen molar-refractivity contribution in [3.63, 3.8) is 0 Å². The second-order valence-electron chi connectivity index (χ2n) is 18.2. The summed E-state index contributed by atoms with van der Waals surface area (Å²) in [5, 5.41) is 23.2. The van der Waals surface area contributed by atoms with Crippen LogP contribution in [0.25, 0.3) is 0 Å². The lowest BCUT2D eigenvalue weighted by Crippen LogP contribution is -2.45. The Balaban J connectivity index is 3.40. The molecule has 59 heavy (non-hydrogen) atoms. The molecule has 6 heteroatoms. The van der Waals surface area contributed by atoms with Crippen molar-refractivity contribution in [1.29, 1.82) is 0 Å². The van der Waals surface area contributed by atoms with Gasteiger partial charge in [0, 0.05) is 12.8 Å². The first-order chi connectivity index (χ1) is 29.0. The molecule has 0 aromatic carbocycles. The first kappa shape index (κ1) is 57.6. The fourth-order valence-electron chi connectivity index (χ4n) is 8.22. The van der Waals surface area contributed by atoms with E-state index in [1.54, 1.807) is 0 Å². The van der Waals surface area contributed by atoms with E-state index in [1.165, 1.54) is 212 Å². The summed E-state index contributed by atoms with van der Waals surface area (Å²) in [6.45, 7) is 4.92. The molecule has 0 bridgehead atoms. The standard InChI is InChI=1S/C53H103NO5/c1-3-5-7-9-11-13-15-25-29-33-37-41-45-51(56)50(49-55)54-52(57)46-42-38-34-30-26-23-21-19-17-18-20-22-24-28-32-36-40-44-48-59-53(58)47-43-39-35-31-27-16-14-12-10-8-6-4-2/h12,14,50-51,55-56H,3-11,13,15-49H2,1-2H3,(H,54,57)/b14-12-. The summed E-state index contributed by atoms with van der Waals surface area (Å²) in [6, 6.07) is -0.542. The van der Waals surface area contributed by atoms with Crippen LogP contribution in [0.2, 0.25) is 0 Å². The number of carbonyl (C=O) groups excluding carboxylic acids is 2. The van der Waals surface area contributed by atoms with E-state index in [0.29, 0.717) is 25.9 Å². The van der Waals surface area contributed by atoms with Gasteiger partial charge in [-0.2, -0.15) is 0 Å². The summed E-state index contributed by atoms with van der Waals surface area (Å²) in [5.41, 5.74) is 0. The SMILES string of the molecule is CCCCC/C=C\CCCCCCCC(=O)OCCCCCCCCCCCCCCCCCCCCC(=O)NC(CO)C(O)CCCCCCCCCCCCCC. The fraction of sp³-hybridized carbons (Fsp3) is 0.925. The van der Waals surface area contributed by atoms with Crippen molar-refractivity contribution in [3.8, 4) is 0 Å². The molecular weight excluding hydrogens is 731 g/mol. The minimum atomic E-state index is -0.665. The molecule has 0 aromatic heterocycles. The number of amides is 1. The zero-order chi connectivity index (χ0) is 43.0. The molecule has 0 rings (SSSR count). The van der Waals surface area contributed by atoms with Crippen LogP contribution in [-0.4, -0.2) is 47.4 Å². The van der Waals surface area contributed by atoms with Gasteiger partial charge >= 0.3 is 5.97 Å². The van der Waals surface area contributed by atoms with Crippen LogP contribution in [0.3, 0.4) is 0 Å². The minimum Gasteiger partial charge on any atom is -0.466 e. The summed E-state index contributed by atoms with van der Waals surface area (Å²) in [6.07, 6.45) is 56.1. The molecule has 2 atom stereocenters. The molecule has 1 amide bonds. The monoisotopic (exact) mass is 834 g/mol. The number of ether oxygens (including phenoxy) is 1. The van der Waals surface area contributed by atoms with E-state index < -0.39 is 12.1 Å². The van der Waals surface area contributed by atoms with Crippen LogP contribution >= 0.6 is 0 Å². The van der Waals surface area contributed by atoms with E-state index in [-0.39, 0.29) is 18.5 Å². The number of allylic oxidation sites excluding steroid dienone is 2. The van der Waals surface area contributed by atoms with E-state index in [2.05, 4.69) is 31.3 Å². The van der Waals surface area contributed by atoms with Gasteiger partial charge in [0.2, 0.25) is 5.91 Å². The van der Waals surface area contributed by atoms with Crippen molar-refractivity contribution in [3.05, 3.63) is 12.2 Å². The number of unbranched alkanes of at least 4 members (excludes halogenated alkanes) is 36. The normalized spacial score (nSPS) is 12.7. The van der Waals surface area contributed by atoms with Crippen LogP contribution in [0.15, 0.2) is 12.2 Å². The number of aliphatic hydroxyl groups excluding tert-OH is 2. The van der Waals surface area contributed by atoms with Crippen molar-refractivity contribution in [2.24, 2.45) is 0 Å². The lowest BCUT2D eigenvalue weighted by Gasteiger charge is -2.22. The quantitative estimate of drug-likeness (QED) is 0.0322. The van der Waals surface area contributed by atoms with E-state index in [1.807, 2.05) is 0 Å². The summed E-state index contributed by atoms with van der Waals surface area (Å²) < 4.78 is 5.45. The molecule has 0 spiro atoms. The number of hydrogen-bond donors (Lipinski definition) is 3. The second kappa shape index (κ2) is 49.3. The van der Waals surface area contributed by atoms with Crippen LogP contribution in [-0.2, 0) is 14.3 Å². The maximum atomic E-state index is 12.4. The van der Waals surface area contributed by atoms with Gasteiger partial charge < -0.3 is 20.3 Å². The van der Waals surface area contributed by atoms with Crippen molar-refractivity contribution in [1.82, 2.24) is 5.32 Å². The van der Waals surface area contributed by atoms with Crippen LogP contribution in [0.1, 0.15) is 290 Å². The highest BCUT2D eigenvalue weighted by Gasteiger charge is 2.20. The van der Waals surface area contributed by atoms with Gasteiger partial charge in [-0.05, 0) is 51.4 Å². The van der Waals surface area contributed by atoms with E-state index >= 15 is 0 Å². The van der Waals surface area contributed by atoms with Crippen LogP contribution in [0.4, 0.5) is 0 Å². The van der Waals surface area contributed by atoms with Gasteiger partial charge in [-0.3, -0.25) is 9.59 Å². The molecule has 0 fully saturated rings. The molecular formula is C53H103NO5. The van der Waals surface area contributed by atoms with Gasteiger partial charge in [-0.25, -0.2) is 0 Å². The zero-order valence-corrected chi connectivity index (χ0v) is 39.7. The highest BCUT2D eigenvalue weighted by Crippen LogP contribution is 2.17. The Morgan fingerprint density at radius 3 is 1.24 bits per heavy atom. The first-order valence-electron chi connectivity index (χ1n) is 26.4. The van der Waals surface area contributed by atoms with Gasteiger partial charge in [0.05, 0.1) is 25.4 Å². The zero-order valence-electron chi connectivity index (χ0n) is 39.7. The Labute approximate surface area is 368 Å². The molecule has 0 aliphatic carbocycles. The molecule has 6 nitrogen and oxygen atoms in total. The highest BCUT2D eigenvalue weighted by molar-refractivity contribution is 5.76. The van der Waals surface area contributed by atoms with Crippen molar-refractivity contribution in [2.75, 3.05) is 13.2 Å². The summed E-state index contributed by atoms with van der Waals surface area (Å²) in [5.74, 6) is -0.0418. The Bertz CT molecular complexity index is 878. The average molecular weight is 834 g/mol. The van der Waals surface area contributed by atoms with Crippen LogP contribution in [0.5, 0.6) is 0 Å². The average Bonchev–Trinajstić information content (AvgIpc) is 3.24. The van der Waals surface area contributed by atoms with Gasteiger partial charge in [0.15, 0.2) is 0 Å². The number of carbonyl (C=O) groups is 2. The van der Waals surface area contributed by atoms with E-state index in [0.717, 1.165) is 44.9 Å². The van der Waals surface area contributed by atoms with E-state index in [9.17, 15) is 19.8 Å². The maximum Gasteiger partial charge on any atom is 0.305 e. The lowest BCUT2D eigenvalue weighted by atomic mass is 10.0. The molecule has 2 unspecified atom stereocenters. The lowest BCUT2D eigenvalue weighted by molar-refractivity contribution is -0.143. The predicted molar refractivity (Wildman–Crippen MR) is 255 cm³/mol. The van der Waals surface area contributed by atoms with Gasteiger partial charge in [-0.1, -0.05) is 238 Å². The Hall–Kier alpha value is -1.40. The fourth-order valence-corrected chi connectivity index (χ4v) is 8.22. The minimum absolute atomic E-state index is 0.00270. The topological polar surface area (TPSA) is 95.9 Å². The summed E-state index contributed by atoms with van der Waals surface area (Å²) >= 11 is 0. The third kappa shape index (κ3) is 45.9. The first-order valence-corrected chi connectivity index (χ1v) is 26.4. The summed E-state index contributed by atoms with van der Waals surface area (Å²) in [7, 11) is 0. The molecule has 0 aliphatic heterocycles. The van der Waals surface area contributed by atoms with Crippen molar-refractivity contribution in [2.45, 2.75) is 302 Å². The van der Waals surface area contributed by atoms with E-state index in [4.69, 9.17) is 4.74 Å². The molecule has 3 N–H and O–H groups in total. The number of rotatable bonds is 49. The Morgan fingerprint density at radius 1 is 0.458 bits per heavy atom. The maximum absolute atomic E-state index is 12.4. The third-order valence-electron chi connectivity index (χ3n) is 12.3. The molecule has 0 saturated carbocycles. The predicted octanol–water partition coefficient (Wildman–Crippen LogP) is 15.7. The van der Waals surface area contributed by atoms with Gasteiger partial charge in [-0.15, -0.1) is 0 Å². The van der Waals surface area contributed by atoms with Crippen LogP contribution < -0.4 is 5.32 Å². The smallest absolute Gasteiger partial charge is 0.305 e. The number of nitrogens with one attached hydrogen (secondary N) is 1. The second-order valence-corrected chi connectivity index (χ2v) is 18.2. The largest absolute Gasteiger partial charge is 0.466 e. The molecule has 350 valence electrons. The summed E-state index contributed by atoms with van der Waals surface area (Å²) in [4.78, 5) is 24.4. The molecule has 0 aromatic rings. The van der Waals surface area contributed by atoms with Crippen molar-refractivity contribution < 1.29 is 24.5 Å². The van der Waals surface area contributed by atoms with Gasteiger partial charge in [0.25, 0.3) is 0 Å². The third-order valence-corrected chi connectivity index (χ3v) is 12.3. The van der Waals surface area contributed by atoms with Crippen LogP contribution in [0, 0.1) is 0 Å².